The summed E-state index contributed by atoms with van der Waals surface area (Å²) < 4.78 is 0. The van der Waals surface area contributed by atoms with Crippen LogP contribution >= 0.6 is 0 Å². The van der Waals surface area contributed by atoms with Crippen LogP contribution in [0.25, 0.3) is 0 Å². The largest absolute Gasteiger partial charge is 0.338 e. The Kier molecular flexibility index (Phi) is 5.12. The summed E-state index contributed by atoms with van der Waals surface area (Å²) in [5.41, 5.74) is -0.00506. The van der Waals surface area contributed by atoms with E-state index in [0.29, 0.717) is 26.1 Å². The Morgan fingerprint density at radius 2 is 1.88 bits per heavy atom. The van der Waals surface area contributed by atoms with Crippen molar-refractivity contribution in [1.29, 1.82) is 0 Å². The van der Waals surface area contributed by atoms with Gasteiger partial charge in [0, 0.05) is 51.4 Å². The highest BCUT2D eigenvalue weighted by molar-refractivity contribution is 6.21. The number of imide groups is 1. The number of nitrogens with zero attached hydrogens (tertiary/aromatic N) is 3. The molecule has 26 heavy (non-hydrogen) atoms. The molecule has 2 heterocycles. The topological polar surface area (TPSA) is 125 Å². The lowest BCUT2D eigenvalue weighted by atomic mass is 10.1. The highest BCUT2D eigenvalue weighted by Crippen LogP contribution is 2.26. The number of fused-ring (bicyclic) bond motifs is 1. The van der Waals surface area contributed by atoms with Crippen molar-refractivity contribution in [3.05, 3.63) is 39.4 Å². The maximum absolute atomic E-state index is 12.3. The lowest BCUT2D eigenvalue weighted by molar-refractivity contribution is -0.384. The number of rotatable bonds is 5. The van der Waals surface area contributed by atoms with E-state index in [9.17, 15) is 24.5 Å². The maximum Gasteiger partial charge on any atom is 0.317 e. The molecule has 0 spiro atoms. The summed E-state index contributed by atoms with van der Waals surface area (Å²) in [5, 5.41) is 16.8. The highest BCUT2D eigenvalue weighted by Gasteiger charge is 2.36. The van der Waals surface area contributed by atoms with Crippen molar-refractivity contribution in [2.45, 2.75) is 6.42 Å². The molecule has 0 bridgehead atoms. The van der Waals surface area contributed by atoms with Gasteiger partial charge in [0.2, 0.25) is 0 Å². The molecule has 0 atom stereocenters. The number of amides is 4. The molecule has 1 aromatic carbocycles. The van der Waals surface area contributed by atoms with Crippen molar-refractivity contribution in [3.63, 3.8) is 0 Å². The normalized spacial score (nSPS) is 16.6. The van der Waals surface area contributed by atoms with Gasteiger partial charge in [-0.2, -0.15) is 0 Å². The van der Waals surface area contributed by atoms with Crippen molar-refractivity contribution in [2.24, 2.45) is 0 Å². The molecule has 0 saturated carbocycles. The van der Waals surface area contributed by atoms with E-state index in [2.05, 4.69) is 10.6 Å². The number of benzene rings is 1. The quantitative estimate of drug-likeness (QED) is 0.334. The van der Waals surface area contributed by atoms with Gasteiger partial charge in [-0.3, -0.25) is 24.6 Å². The molecule has 3 rings (SSSR count). The van der Waals surface area contributed by atoms with Gasteiger partial charge < -0.3 is 15.5 Å². The molecule has 0 unspecified atom stereocenters. The minimum absolute atomic E-state index is 0.0500. The first-order valence-electron chi connectivity index (χ1n) is 8.37. The third-order valence-electron chi connectivity index (χ3n) is 4.40. The van der Waals surface area contributed by atoms with E-state index < -0.39 is 16.7 Å². The van der Waals surface area contributed by atoms with E-state index in [1.54, 1.807) is 4.90 Å². The summed E-state index contributed by atoms with van der Waals surface area (Å²) in [4.78, 5) is 49.6. The molecular weight excluding hydrogens is 342 g/mol. The zero-order valence-corrected chi connectivity index (χ0v) is 14.1. The van der Waals surface area contributed by atoms with Gasteiger partial charge in [0.15, 0.2) is 0 Å². The minimum atomic E-state index is -0.605. The molecule has 4 amide bonds. The Hall–Kier alpha value is -3.01. The average molecular weight is 361 g/mol. The van der Waals surface area contributed by atoms with E-state index in [0.717, 1.165) is 24.1 Å². The monoisotopic (exact) mass is 361 g/mol. The second-order valence-electron chi connectivity index (χ2n) is 6.07. The lowest BCUT2D eigenvalue weighted by Gasteiger charge is -2.27. The smallest absolute Gasteiger partial charge is 0.317 e. The van der Waals surface area contributed by atoms with Gasteiger partial charge in [-0.25, -0.2) is 4.79 Å². The lowest BCUT2D eigenvalue weighted by Crippen LogP contribution is -2.50. The predicted molar refractivity (Wildman–Crippen MR) is 90.9 cm³/mol. The number of hydrogen-bond acceptors (Lipinski definition) is 6. The Morgan fingerprint density at radius 1 is 1.19 bits per heavy atom. The first-order valence-corrected chi connectivity index (χ1v) is 8.37. The molecule has 10 nitrogen and oxygen atoms in total. The second-order valence-corrected chi connectivity index (χ2v) is 6.07. The standard InChI is InChI=1S/C16H19N5O5/c22-14-12-3-2-11(21(25)26)10-13(12)15(23)20(14)7-1-4-18-16(24)19-8-5-17-6-9-19/h2-3,10,17H,1,4-9H2,(H,18,24). The summed E-state index contributed by atoms with van der Waals surface area (Å²) >= 11 is 0. The summed E-state index contributed by atoms with van der Waals surface area (Å²) in [6.45, 7) is 3.27. The van der Waals surface area contributed by atoms with Crippen LogP contribution in [-0.4, -0.2) is 71.8 Å². The van der Waals surface area contributed by atoms with Crippen molar-refractivity contribution in [3.8, 4) is 0 Å². The number of non-ortho nitro benzene ring substituents is 1. The Balaban J connectivity index is 1.52. The van der Waals surface area contributed by atoms with Crippen LogP contribution in [0.4, 0.5) is 10.5 Å². The molecule has 138 valence electrons. The number of nitro benzene ring substituents is 1. The zero-order valence-electron chi connectivity index (χ0n) is 14.1. The Labute approximate surface area is 149 Å². The van der Waals surface area contributed by atoms with Crippen molar-refractivity contribution in [1.82, 2.24) is 20.4 Å². The third kappa shape index (κ3) is 3.49. The van der Waals surface area contributed by atoms with E-state index in [-0.39, 0.29) is 29.4 Å². The Bertz CT molecular complexity index is 759. The number of urea groups is 1. The third-order valence-corrected chi connectivity index (χ3v) is 4.40. The Morgan fingerprint density at radius 3 is 2.58 bits per heavy atom. The molecule has 1 fully saturated rings. The van der Waals surface area contributed by atoms with Crippen LogP contribution in [0.15, 0.2) is 18.2 Å². The first-order chi connectivity index (χ1) is 12.5. The molecule has 2 N–H and O–H groups in total. The second kappa shape index (κ2) is 7.48. The van der Waals surface area contributed by atoms with E-state index in [1.165, 1.54) is 12.1 Å². The van der Waals surface area contributed by atoms with Gasteiger partial charge in [0.05, 0.1) is 16.1 Å². The van der Waals surface area contributed by atoms with E-state index in [4.69, 9.17) is 0 Å². The summed E-state index contributed by atoms with van der Waals surface area (Å²) in [5.74, 6) is -1.00. The number of hydrogen-bond donors (Lipinski definition) is 2. The fourth-order valence-electron chi connectivity index (χ4n) is 3.01. The van der Waals surface area contributed by atoms with Gasteiger partial charge in [-0.05, 0) is 12.5 Å². The van der Waals surface area contributed by atoms with Crippen LogP contribution in [0, 0.1) is 10.1 Å². The summed E-state index contributed by atoms with van der Waals surface area (Å²) in [7, 11) is 0. The molecule has 2 aliphatic heterocycles. The van der Waals surface area contributed by atoms with Crippen LogP contribution in [0.5, 0.6) is 0 Å². The van der Waals surface area contributed by atoms with Crippen LogP contribution in [0.3, 0.4) is 0 Å². The first kappa shape index (κ1) is 17.8. The fraction of sp³-hybridized carbons (Fsp3) is 0.438. The number of carbonyl (C=O) groups is 3. The van der Waals surface area contributed by atoms with E-state index in [1.807, 2.05) is 0 Å². The van der Waals surface area contributed by atoms with Crippen LogP contribution in [0.1, 0.15) is 27.1 Å². The SMILES string of the molecule is O=C(NCCCN1C(=O)c2ccc([N+](=O)[O-])cc2C1=O)N1CCNCC1. The number of nitrogens with one attached hydrogen (secondary N) is 2. The highest BCUT2D eigenvalue weighted by atomic mass is 16.6. The van der Waals surface area contributed by atoms with Crippen LogP contribution in [-0.2, 0) is 0 Å². The predicted octanol–water partition coefficient (Wildman–Crippen LogP) is 0.196. The van der Waals surface area contributed by atoms with Gasteiger partial charge in [0.1, 0.15) is 0 Å². The van der Waals surface area contributed by atoms with Gasteiger partial charge in [0.25, 0.3) is 17.5 Å². The molecule has 0 aliphatic carbocycles. The molecule has 1 saturated heterocycles. The minimum Gasteiger partial charge on any atom is -0.338 e. The van der Waals surface area contributed by atoms with Gasteiger partial charge >= 0.3 is 6.03 Å². The van der Waals surface area contributed by atoms with Crippen LogP contribution in [0.2, 0.25) is 0 Å². The van der Waals surface area contributed by atoms with Crippen molar-refractivity contribution in [2.75, 3.05) is 39.3 Å². The number of piperazine rings is 1. The molecule has 1 aromatic rings. The molecule has 10 heteroatoms. The fourth-order valence-corrected chi connectivity index (χ4v) is 3.01. The molecule has 0 aromatic heterocycles. The average Bonchev–Trinajstić information content (AvgIpc) is 2.89. The summed E-state index contributed by atoms with van der Waals surface area (Å²) in [6.07, 6.45) is 0.408. The number of carbonyl (C=O) groups excluding carboxylic acids is 3. The molecule has 2 aliphatic rings. The zero-order chi connectivity index (χ0) is 18.7. The molecule has 0 radical (unpaired) electrons. The van der Waals surface area contributed by atoms with Crippen molar-refractivity contribution >= 4 is 23.5 Å². The number of nitro groups is 1. The summed E-state index contributed by atoms with van der Waals surface area (Å²) in [6, 6.07) is 3.48. The maximum atomic E-state index is 12.3. The van der Waals surface area contributed by atoms with E-state index >= 15 is 0 Å². The van der Waals surface area contributed by atoms with Crippen LogP contribution < -0.4 is 10.6 Å². The molecular formula is C16H19N5O5. The van der Waals surface area contributed by atoms with Gasteiger partial charge in [-0.15, -0.1) is 0 Å². The van der Waals surface area contributed by atoms with Crippen molar-refractivity contribution < 1.29 is 19.3 Å². The van der Waals surface area contributed by atoms with Gasteiger partial charge in [-0.1, -0.05) is 0 Å².